The van der Waals surface area contributed by atoms with Crippen molar-refractivity contribution in [1.82, 2.24) is 10.2 Å². The van der Waals surface area contributed by atoms with Crippen molar-refractivity contribution in [2.45, 2.75) is 77.4 Å². The van der Waals surface area contributed by atoms with Gasteiger partial charge in [0.15, 0.2) is 0 Å². The van der Waals surface area contributed by atoms with Gasteiger partial charge in [0.2, 0.25) is 11.8 Å². The number of amides is 2. The van der Waals surface area contributed by atoms with E-state index in [0.29, 0.717) is 13.0 Å². The van der Waals surface area contributed by atoms with Crippen LogP contribution in [-0.4, -0.2) is 28.8 Å². The molecule has 1 saturated carbocycles. The monoisotopic (exact) mass is 408 g/mol. The summed E-state index contributed by atoms with van der Waals surface area (Å²) in [5.74, 6) is 0.00479. The topological polar surface area (TPSA) is 49.4 Å². The Bertz CT molecular complexity index is 568. The standard InChI is InChI=1S/C20H29BrN2O2/c1-3-7-19(24)23(14-16-10-12-17(21)13-11-16)15(2)20(25)22-18-8-5-4-6-9-18/h10-13,15,18H,3-9,14H2,1-2H3,(H,22,25)/t15-/m1/s1. The molecule has 138 valence electrons. The molecular formula is C20H29BrN2O2. The van der Waals surface area contributed by atoms with Crippen LogP contribution in [0.15, 0.2) is 28.7 Å². The Morgan fingerprint density at radius 3 is 2.44 bits per heavy atom. The molecule has 0 aromatic heterocycles. The van der Waals surface area contributed by atoms with E-state index in [-0.39, 0.29) is 17.9 Å². The van der Waals surface area contributed by atoms with Crippen molar-refractivity contribution in [3.8, 4) is 0 Å². The molecule has 0 unspecified atom stereocenters. The van der Waals surface area contributed by atoms with Gasteiger partial charge in [0.05, 0.1) is 0 Å². The summed E-state index contributed by atoms with van der Waals surface area (Å²) in [5, 5.41) is 3.15. The van der Waals surface area contributed by atoms with Crippen molar-refractivity contribution >= 4 is 27.7 Å². The highest BCUT2D eigenvalue weighted by atomic mass is 79.9. The summed E-state index contributed by atoms with van der Waals surface area (Å²) >= 11 is 3.43. The van der Waals surface area contributed by atoms with Crippen LogP contribution in [0, 0.1) is 0 Å². The molecular weight excluding hydrogens is 380 g/mol. The van der Waals surface area contributed by atoms with Gasteiger partial charge in [0.1, 0.15) is 6.04 Å². The first-order chi connectivity index (χ1) is 12.0. The first-order valence-electron chi connectivity index (χ1n) is 9.35. The second kappa shape index (κ2) is 9.95. The average Bonchev–Trinajstić information content (AvgIpc) is 2.61. The molecule has 0 bridgehead atoms. The van der Waals surface area contributed by atoms with E-state index < -0.39 is 6.04 Å². The molecule has 1 aliphatic rings. The van der Waals surface area contributed by atoms with Gasteiger partial charge in [0.25, 0.3) is 0 Å². The van der Waals surface area contributed by atoms with Crippen LogP contribution in [0.2, 0.25) is 0 Å². The number of halogens is 1. The van der Waals surface area contributed by atoms with Crippen LogP contribution in [0.3, 0.4) is 0 Å². The molecule has 2 rings (SSSR count). The summed E-state index contributed by atoms with van der Waals surface area (Å²) in [5.41, 5.74) is 1.03. The van der Waals surface area contributed by atoms with Gasteiger partial charge in [-0.1, -0.05) is 54.2 Å². The zero-order valence-electron chi connectivity index (χ0n) is 15.3. The summed E-state index contributed by atoms with van der Waals surface area (Å²) in [4.78, 5) is 27.0. The van der Waals surface area contributed by atoms with Crippen LogP contribution in [0.25, 0.3) is 0 Å². The molecule has 1 aliphatic carbocycles. The Labute approximate surface area is 159 Å². The molecule has 0 saturated heterocycles. The third kappa shape index (κ3) is 6.14. The number of carbonyl (C=O) groups is 2. The number of nitrogens with one attached hydrogen (secondary N) is 1. The van der Waals surface area contributed by atoms with E-state index in [4.69, 9.17) is 0 Å². The molecule has 2 amide bonds. The van der Waals surface area contributed by atoms with Gasteiger partial charge in [0, 0.05) is 23.5 Å². The molecule has 0 aliphatic heterocycles. The number of hydrogen-bond acceptors (Lipinski definition) is 2. The van der Waals surface area contributed by atoms with Crippen molar-refractivity contribution in [3.05, 3.63) is 34.3 Å². The van der Waals surface area contributed by atoms with Crippen LogP contribution in [0.5, 0.6) is 0 Å². The molecule has 1 aromatic carbocycles. The van der Waals surface area contributed by atoms with Crippen LogP contribution in [0.1, 0.15) is 64.4 Å². The number of nitrogens with zero attached hydrogens (tertiary/aromatic N) is 1. The van der Waals surface area contributed by atoms with Crippen molar-refractivity contribution in [3.63, 3.8) is 0 Å². The minimum atomic E-state index is -0.454. The lowest BCUT2D eigenvalue weighted by Crippen LogP contribution is -2.50. The fraction of sp³-hybridized carbons (Fsp3) is 0.600. The third-order valence-corrected chi connectivity index (χ3v) is 5.38. The van der Waals surface area contributed by atoms with E-state index in [1.165, 1.54) is 19.3 Å². The fourth-order valence-electron chi connectivity index (χ4n) is 3.30. The van der Waals surface area contributed by atoms with E-state index in [2.05, 4.69) is 21.2 Å². The molecule has 4 nitrogen and oxygen atoms in total. The zero-order chi connectivity index (χ0) is 18.2. The summed E-state index contributed by atoms with van der Waals surface area (Å²) in [6, 6.07) is 7.71. The van der Waals surface area contributed by atoms with Gasteiger partial charge in [-0.05, 0) is 43.9 Å². The van der Waals surface area contributed by atoms with Crippen molar-refractivity contribution in [2.75, 3.05) is 0 Å². The lowest BCUT2D eigenvalue weighted by atomic mass is 9.95. The number of benzene rings is 1. The number of rotatable bonds is 7. The Kier molecular flexibility index (Phi) is 7.94. The zero-order valence-corrected chi connectivity index (χ0v) is 16.8. The first kappa shape index (κ1) is 20.0. The van der Waals surface area contributed by atoms with Gasteiger partial charge < -0.3 is 10.2 Å². The van der Waals surface area contributed by atoms with Gasteiger partial charge in [-0.2, -0.15) is 0 Å². The van der Waals surface area contributed by atoms with Crippen LogP contribution < -0.4 is 5.32 Å². The Hall–Kier alpha value is -1.36. The molecule has 0 spiro atoms. The molecule has 1 atom stereocenters. The summed E-state index contributed by atoms with van der Waals surface area (Å²) in [6.07, 6.45) is 6.96. The maximum Gasteiger partial charge on any atom is 0.242 e. The SMILES string of the molecule is CCCC(=O)N(Cc1ccc(Br)cc1)[C@H](C)C(=O)NC1CCCCC1. The number of hydrogen-bond donors (Lipinski definition) is 1. The molecule has 5 heteroatoms. The van der Waals surface area contributed by atoms with E-state index in [0.717, 1.165) is 29.3 Å². The Morgan fingerprint density at radius 2 is 1.84 bits per heavy atom. The van der Waals surface area contributed by atoms with Gasteiger partial charge >= 0.3 is 0 Å². The van der Waals surface area contributed by atoms with E-state index >= 15 is 0 Å². The molecule has 1 N–H and O–H groups in total. The predicted molar refractivity (Wildman–Crippen MR) is 104 cm³/mol. The highest BCUT2D eigenvalue weighted by molar-refractivity contribution is 9.10. The smallest absolute Gasteiger partial charge is 0.242 e. The lowest BCUT2D eigenvalue weighted by molar-refractivity contribution is -0.141. The van der Waals surface area contributed by atoms with Crippen molar-refractivity contribution in [1.29, 1.82) is 0 Å². The van der Waals surface area contributed by atoms with Crippen LogP contribution in [0.4, 0.5) is 0 Å². The summed E-state index contributed by atoms with van der Waals surface area (Å²) in [7, 11) is 0. The van der Waals surface area contributed by atoms with E-state index in [9.17, 15) is 9.59 Å². The first-order valence-corrected chi connectivity index (χ1v) is 10.1. The largest absolute Gasteiger partial charge is 0.352 e. The van der Waals surface area contributed by atoms with Gasteiger partial charge in [-0.25, -0.2) is 0 Å². The summed E-state index contributed by atoms with van der Waals surface area (Å²) in [6.45, 7) is 4.29. The second-order valence-electron chi connectivity index (χ2n) is 6.92. The second-order valence-corrected chi connectivity index (χ2v) is 7.83. The molecule has 1 aromatic rings. The van der Waals surface area contributed by atoms with Crippen molar-refractivity contribution in [2.24, 2.45) is 0 Å². The van der Waals surface area contributed by atoms with Gasteiger partial charge in [-0.3, -0.25) is 9.59 Å². The minimum absolute atomic E-state index is 0.0338. The van der Waals surface area contributed by atoms with Crippen LogP contribution in [-0.2, 0) is 16.1 Å². The molecule has 25 heavy (non-hydrogen) atoms. The highest BCUT2D eigenvalue weighted by Crippen LogP contribution is 2.19. The maximum atomic E-state index is 12.7. The number of carbonyl (C=O) groups excluding carboxylic acids is 2. The lowest BCUT2D eigenvalue weighted by Gasteiger charge is -2.31. The predicted octanol–water partition coefficient (Wildman–Crippen LogP) is 4.42. The van der Waals surface area contributed by atoms with Crippen molar-refractivity contribution < 1.29 is 9.59 Å². The fourth-order valence-corrected chi connectivity index (χ4v) is 3.56. The normalized spacial score (nSPS) is 16.3. The third-order valence-electron chi connectivity index (χ3n) is 4.85. The molecule has 0 heterocycles. The summed E-state index contributed by atoms with van der Waals surface area (Å²) < 4.78 is 1.01. The molecule has 0 radical (unpaired) electrons. The minimum Gasteiger partial charge on any atom is -0.352 e. The van der Waals surface area contributed by atoms with Crippen LogP contribution >= 0.6 is 15.9 Å². The highest BCUT2D eigenvalue weighted by Gasteiger charge is 2.27. The Morgan fingerprint density at radius 1 is 1.20 bits per heavy atom. The van der Waals surface area contributed by atoms with E-state index in [1.54, 1.807) is 4.90 Å². The average molecular weight is 409 g/mol. The maximum absolute atomic E-state index is 12.7. The Balaban J connectivity index is 2.05. The quantitative estimate of drug-likeness (QED) is 0.725. The van der Waals surface area contributed by atoms with E-state index in [1.807, 2.05) is 38.1 Å². The molecule has 1 fully saturated rings. The van der Waals surface area contributed by atoms with Gasteiger partial charge in [-0.15, -0.1) is 0 Å².